The van der Waals surface area contributed by atoms with Crippen LogP contribution in [0.4, 0.5) is 0 Å². The Morgan fingerprint density at radius 2 is 2.21 bits per heavy atom. The van der Waals surface area contributed by atoms with Gasteiger partial charge in [-0.2, -0.15) is 0 Å². The van der Waals surface area contributed by atoms with E-state index in [4.69, 9.17) is 0 Å². The molecule has 3 heterocycles. The number of amides is 1. The van der Waals surface area contributed by atoms with Crippen LogP contribution >= 0.6 is 0 Å². The van der Waals surface area contributed by atoms with Crippen LogP contribution in [0.3, 0.4) is 0 Å². The number of H-pyrrole nitrogens is 1. The lowest BCUT2D eigenvalue weighted by atomic mass is 10.1. The number of aromatic nitrogens is 4. The van der Waals surface area contributed by atoms with Crippen molar-refractivity contribution >= 4 is 28.0 Å². The third-order valence-corrected chi connectivity index (χ3v) is 3.04. The van der Waals surface area contributed by atoms with Crippen molar-refractivity contribution in [3.05, 3.63) is 24.3 Å². The number of carbonyl (C=O) groups excluding carboxylic acids is 1. The van der Waals surface area contributed by atoms with Gasteiger partial charge in [0.25, 0.3) is 5.91 Å². The van der Waals surface area contributed by atoms with E-state index >= 15 is 0 Å². The maximum absolute atomic E-state index is 12.2. The number of aromatic amines is 1. The number of nitrogens with one attached hydrogen (secondary N) is 2. The van der Waals surface area contributed by atoms with Crippen LogP contribution in [0.25, 0.3) is 22.1 Å². The van der Waals surface area contributed by atoms with Crippen molar-refractivity contribution in [2.45, 2.75) is 19.9 Å². The molecule has 0 aromatic carbocycles. The van der Waals surface area contributed by atoms with E-state index in [0.29, 0.717) is 11.2 Å². The maximum Gasteiger partial charge on any atom is 0.253 e. The number of hydrogen-bond donors (Lipinski definition) is 2. The Labute approximate surface area is 109 Å². The highest BCUT2D eigenvalue weighted by molar-refractivity contribution is 6.14. The first-order chi connectivity index (χ1) is 9.08. The molecule has 0 saturated heterocycles. The highest BCUT2D eigenvalue weighted by Gasteiger charge is 2.17. The van der Waals surface area contributed by atoms with Crippen molar-refractivity contribution < 1.29 is 4.79 Å². The van der Waals surface area contributed by atoms with E-state index in [1.807, 2.05) is 25.5 Å². The minimum atomic E-state index is -0.100. The van der Waals surface area contributed by atoms with Crippen molar-refractivity contribution in [3.8, 4) is 0 Å². The molecule has 0 atom stereocenters. The molecule has 0 aliphatic rings. The molecule has 0 spiro atoms. The molecule has 19 heavy (non-hydrogen) atoms. The van der Waals surface area contributed by atoms with E-state index in [9.17, 15) is 4.79 Å². The van der Waals surface area contributed by atoms with Gasteiger partial charge in [-0.1, -0.05) is 0 Å². The van der Waals surface area contributed by atoms with Gasteiger partial charge in [-0.05, 0) is 13.8 Å². The Balaban J connectivity index is 2.28. The second-order valence-corrected chi connectivity index (χ2v) is 4.90. The average Bonchev–Trinajstić information content (AvgIpc) is 2.91. The summed E-state index contributed by atoms with van der Waals surface area (Å²) in [5, 5.41) is 3.71. The van der Waals surface area contributed by atoms with Crippen LogP contribution in [0.15, 0.2) is 18.7 Å². The monoisotopic (exact) mass is 257 g/mol. The maximum atomic E-state index is 12.2. The minimum absolute atomic E-state index is 0.0937. The normalized spacial score (nSPS) is 11.6. The zero-order chi connectivity index (χ0) is 13.6. The predicted molar refractivity (Wildman–Crippen MR) is 73.0 cm³/mol. The van der Waals surface area contributed by atoms with Gasteiger partial charge in [-0.15, -0.1) is 0 Å². The second kappa shape index (κ2) is 4.08. The van der Waals surface area contributed by atoms with Gasteiger partial charge >= 0.3 is 0 Å². The second-order valence-electron chi connectivity index (χ2n) is 4.90. The number of hydrogen-bond acceptors (Lipinski definition) is 3. The summed E-state index contributed by atoms with van der Waals surface area (Å²) in [6.07, 6.45) is 5.13. The van der Waals surface area contributed by atoms with Gasteiger partial charge in [0.2, 0.25) is 0 Å². The summed E-state index contributed by atoms with van der Waals surface area (Å²) in [7, 11) is 1.91. The molecule has 0 radical (unpaired) electrons. The van der Waals surface area contributed by atoms with E-state index in [1.54, 1.807) is 18.7 Å². The fourth-order valence-corrected chi connectivity index (χ4v) is 2.25. The van der Waals surface area contributed by atoms with Gasteiger partial charge in [-0.25, -0.2) is 9.97 Å². The van der Waals surface area contributed by atoms with E-state index in [-0.39, 0.29) is 11.9 Å². The molecule has 1 amide bonds. The van der Waals surface area contributed by atoms with Crippen LogP contribution in [0.5, 0.6) is 0 Å². The first kappa shape index (κ1) is 11.7. The summed E-state index contributed by atoms with van der Waals surface area (Å²) in [6.45, 7) is 3.87. The number of nitrogens with zero attached hydrogens (tertiary/aromatic N) is 3. The van der Waals surface area contributed by atoms with Crippen LogP contribution < -0.4 is 5.32 Å². The van der Waals surface area contributed by atoms with Crippen LogP contribution in [0.1, 0.15) is 24.2 Å². The van der Waals surface area contributed by atoms with Crippen LogP contribution in [0.2, 0.25) is 0 Å². The number of rotatable bonds is 2. The number of aryl methyl sites for hydroxylation is 1. The topological polar surface area (TPSA) is 75.6 Å². The Hall–Kier alpha value is -2.37. The lowest BCUT2D eigenvalue weighted by molar-refractivity contribution is 0.0945. The molecule has 3 rings (SSSR count). The Bertz CT molecular complexity index is 768. The molecule has 3 aromatic rings. The summed E-state index contributed by atoms with van der Waals surface area (Å²) in [6, 6.07) is 0.0937. The number of imidazole rings is 1. The van der Waals surface area contributed by atoms with E-state index in [1.165, 1.54) is 0 Å². The molecule has 98 valence electrons. The molecule has 2 N–H and O–H groups in total. The fourth-order valence-electron chi connectivity index (χ4n) is 2.25. The van der Waals surface area contributed by atoms with Gasteiger partial charge in [0.1, 0.15) is 11.2 Å². The smallest absolute Gasteiger partial charge is 0.253 e. The third kappa shape index (κ3) is 1.76. The fraction of sp³-hybridized carbons (Fsp3) is 0.308. The molecule has 6 heteroatoms. The molecule has 0 saturated carbocycles. The molecule has 0 fully saturated rings. The minimum Gasteiger partial charge on any atom is -0.350 e. The number of carbonyl (C=O) groups is 1. The largest absolute Gasteiger partial charge is 0.350 e. The summed E-state index contributed by atoms with van der Waals surface area (Å²) < 4.78 is 1.90. The molecule has 0 unspecified atom stereocenters. The lowest BCUT2D eigenvalue weighted by Crippen LogP contribution is -2.29. The number of pyridine rings is 1. The van der Waals surface area contributed by atoms with Gasteiger partial charge in [-0.3, -0.25) is 4.79 Å². The molecule has 3 aromatic heterocycles. The van der Waals surface area contributed by atoms with Crippen molar-refractivity contribution in [1.29, 1.82) is 0 Å². The highest BCUT2D eigenvalue weighted by atomic mass is 16.1. The van der Waals surface area contributed by atoms with Crippen LogP contribution in [0, 0.1) is 0 Å². The Kier molecular flexibility index (Phi) is 2.51. The first-order valence-electron chi connectivity index (χ1n) is 6.16. The zero-order valence-electron chi connectivity index (χ0n) is 11.1. The Morgan fingerprint density at radius 1 is 1.42 bits per heavy atom. The summed E-state index contributed by atoms with van der Waals surface area (Å²) in [4.78, 5) is 23.8. The van der Waals surface area contributed by atoms with Crippen molar-refractivity contribution in [2.24, 2.45) is 7.05 Å². The SMILES string of the molecule is CC(C)NC(=O)c1c[nH]c2ncc3ncn(C)c3c12. The van der Waals surface area contributed by atoms with Crippen molar-refractivity contribution in [3.63, 3.8) is 0 Å². The number of fused-ring (bicyclic) bond motifs is 3. The average molecular weight is 257 g/mol. The van der Waals surface area contributed by atoms with Crippen LogP contribution in [-0.4, -0.2) is 31.5 Å². The molecular formula is C13H15N5O. The van der Waals surface area contributed by atoms with Crippen molar-refractivity contribution in [2.75, 3.05) is 0 Å². The summed E-state index contributed by atoms with van der Waals surface area (Å²) in [5.41, 5.74) is 3.00. The van der Waals surface area contributed by atoms with E-state index < -0.39 is 0 Å². The quantitative estimate of drug-likeness (QED) is 0.732. The zero-order valence-corrected chi connectivity index (χ0v) is 11.1. The van der Waals surface area contributed by atoms with Gasteiger partial charge in [0.05, 0.1) is 29.0 Å². The van der Waals surface area contributed by atoms with E-state index in [2.05, 4.69) is 20.3 Å². The van der Waals surface area contributed by atoms with Gasteiger partial charge in [0, 0.05) is 19.3 Å². The van der Waals surface area contributed by atoms with Crippen LogP contribution in [-0.2, 0) is 7.05 Å². The summed E-state index contributed by atoms with van der Waals surface area (Å²) >= 11 is 0. The Morgan fingerprint density at radius 3 is 2.95 bits per heavy atom. The van der Waals surface area contributed by atoms with Crippen molar-refractivity contribution in [1.82, 2.24) is 24.8 Å². The lowest BCUT2D eigenvalue weighted by Gasteiger charge is -2.07. The molecule has 0 aliphatic carbocycles. The van der Waals surface area contributed by atoms with Gasteiger partial charge in [0.15, 0.2) is 0 Å². The third-order valence-electron chi connectivity index (χ3n) is 3.04. The highest BCUT2D eigenvalue weighted by Crippen LogP contribution is 2.25. The molecule has 6 nitrogen and oxygen atoms in total. The molecule has 0 bridgehead atoms. The first-order valence-corrected chi connectivity index (χ1v) is 6.16. The summed E-state index contributed by atoms with van der Waals surface area (Å²) in [5.74, 6) is -0.100. The molecular weight excluding hydrogens is 242 g/mol. The van der Waals surface area contributed by atoms with E-state index in [0.717, 1.165) is 16.4 Å². The standard InChI is InChI=1S/C13H15N5O/c1-7(2)17-13(19)8-4-14-12-10(8)11-9(5-15-12)16-6-18(11)3/h4-7H,1-3H3,(H,14,15)(H,17,19). The predicted octanol–water partition coefficient (Wildman–Crippen LogP) is 1.59. The molecule has 0 aliphatic heterocycles. The van der Waals surface area contributed by atoms with Gasteiger partial charge < -0.3 is 14.9 Å².